The molecule has 1 fully saturated rings. The quantitative estimate of drug-likeness (QED) is 0.693. The molecule has 7 heteroatoms. The van der Waals surface area contributed by atoms with Crippen molar-refractivity contribution in [2.45, 2.75) is 33.7 Å². The molecule has 0 N–H and O–H groups in total. The number of benzene rings is 1. The van der Waals surface area contributed by atoms with Gasteiger partial charge in [0.15, 0.2) is 10.8 Å². The van der Waals surface area contributed by atoms with Crippen LogP contribution in [0.5, 0.6) is 0 Å². The number of nitrogens with zero attached hydrogens (tertiary/aromatic N) is 5. The summed E-state index contributed by atoms with van der Waals surface area (Å²) in [7, 11) is 0. The van der Waals surface area contributed by atoms with Gasteiger partial charge in [-0.3, -0.25) is 9.48 Å². The normalized spacial score (nSPS) is 14.9. The molecule has 1 amide bonds. The number of amides is 1. The average Bonchev–Trinajstić information content (AvgIpc) is 3.30. The molecule has 3 heterocycles. The Labute approximate surface area is 163 Å². The molecule has 1 saturated heterocycles. The monoisotopic (exact) mass is 383 g/mol. The van der Waals surface area contributed by atoms with Crippen molar-refractivity contribution in [2.24, 2.45) is 0 Å². The largest absolute Gasteiger partial charge is 0.345 e. The summed E-state index contributed by atoms with van der Waals surface area (Å²) in [5.74, 6) is 0.0295. The maximum atomic E-state index is 12.8. The zero-order valence-electron chi connectivity index (χ0n) is 16.1. The molecular weight excluding hydrogens is 358 g/mol. The molecule has 1 aromatic carbocycles. The summed E-state index contributed by atoms with van der Waals surface area (Å²) < 4.78 is 3.11. The maximum absolute atomic E-state index is 12.8. The number of hydrogen-bond donors (Lipinski definition) is 0. The molecule has 0 atom stereocenters. The Morgan fingerprint density at radius 2 is 1.93 bits per heavy atom. The van der Waals surface area contributed by atoms with Crippen molar-refractivity contribution in [2.75, 3.05) is 31.1 Å². The lowest BCUT2D eigenvalue weighted by molar-refractivity contribution is 0.0740. The highest BCUT2D eigenvalue weighted by atomic mass is 32.1. The van der Waals surface area contributed by atoms with E-state index in [-0.39, 0.29) is 5.91 Å². The number of fused-ring (bicyclic) bond motifs is 1. The minimum atomic E-state index is 0.0295. The van der Waals surface area contributed by atoms with Crippen LogP contribution in [0.15, 0.2) is 24.3 Å². The number of carbonyl (C=O) groups is 1. The SMILES string of the molecule is CCc1ccc2nc(N3CCN(C(=O)c4cc(C)n(CC)n4)CC3)sc2c1. The number of piperazine rings is 1. The summed E-state index contributed by atoms with van der Waals surface area (Å²) in [6.45, 7) is 9.99. The van der Waals surface area contributed by atoms with Crippen LogP contribution < -0.4 is 4.90 Å². The molecule has 27 heavy (non-hydrogen) atoms. The highest BCUT2D eigenvalue weighted by Crippen LogP contribution is 2.30. The summed E-state index contributed by atoms with van der Waals surface area (Å²) in [5.41, 5.74) is 3.98. The van der Waals surface area contributed by atoms with Crippen molar-refractivity contribution < 1.29 is 4.79 Å². The van der Waals surface area contributed by atoms with Gasteiger partial charge in [0.1, 0.15) is 0 Å². The smallest absolute Gasteiger partial charge is 0.274 e. The van der Waals surface area contributed by atoms with Crippen LogP contribution in [0, 0.1) is 6.92 Å². The van der Waals surface area contributed by atoms with E-state index in [1.54, 1.807) is 11.3 Å². The van der Waals surface area contributed by atoms with Gasteiger partial charge in [0, 0.05) is 38.4 Å². The summed E-state index contributed by atoms with van der Waals surface area (Å²) in [5, 5.41) is 5.48. The summed E-state index contributed by atoms with van der Waals surface area (Å²) in [6, 6.07) is 8.39. The van der Waals surface area contributed by atoms with E-state index in [4.69, 9.17) is 4.98 Å². The predicted molar refractivity (Wildman–Crippen MR) is 110 cm³/mol. The number of carbonyl (C=O) groups excluding carboxylic acids is 1. The third-order valence-corrected chi connectivity index (χ3v) is 6.27. The molecule has 0 spiro atoms. The van der Waals surface area contributed by atoms with E-state index in [1.165, 1.54) is 10.3 Å². The maximum Gasteiger partial charge on any atom is 0.274 e. The molecule has 1 aliphatic rings. The van der Waals surface area contributed by atoms with E-state index in [2.05, 4.69) is 35.1 Å². The molecule has 2 aromatic heterocycles. The first-order chi connectivity index (χ1) is 13.1. The number of rotatable bonds is 4. The van der Waals surface area contributed by atoms with Gasteiger partial charge < -0.3 is 9.80 Å². The van der Waals surface area contributed by atoms with Gasteiger partial charge >= 0.3 is 0 Å². The average molecular weight is 384 g/mol. The lowest BCUT2D eigenvalue weighted by Crippen LogP contribution is -2.48. The molecule has 0 saturated carbocycles. The van der Waals surface area contributed by atoms with Gasteiger partial charge in [0.05, 0.1) is 10.2 Å². The highest BCUT2D eigenvalue weighted by molar-refractivity contribution is 7.22. The summed E-state index contributed by atoms with van der Waals surface area (Å²) in [4.78, 5) is 21.7. The van der Waals surface area contributed by atoms with E-state index >= 15 is 0 Å². The lowest BCUT2D eigenvalue weighted by atomic mass is 10.2. The van der Waals surface area contributed by atoms with Crippen molar-refractivity contribution in [1.29, 1.82) is 0 Å². The number of hydrogen-bond acceptors (Lipinski definition) is 5. The fourth-order valence-corrected chi connectivity index (χ4v) is 4.59. The predicted octanol–water partition coefficient (Wildman–Crippen LogP) is 3.35. The molecule has 0 bridgehead atoms. The zero-order valence-corrected chi connectivity index (χ0v) is 16.9. The molecule has 1 aliphatic heterocycles. The van der Waals surface area contributed by atoms with Crippen molar-refractivity contribution >= 4 is 32.6 Å². The third kappa shape index (κ3) is 3.43. The molecule has 0 radical (unpaired) electrons. The molecule has 3 aromatic rings. The first kappa shape index (κ1) is 18.0. The second-order valence-corrected chi connectivity index (χ2v) is 7.93. The Balaban J connectivity index is 1.44. The molecule has 0 unspecified atom stereocenters. The van der Waals surface area contributed by atoms with E-state index in [9.17, 15) is 4.79 Å². The van der Waals surface area contributed by atoms with Gasteiger partial charge in [-0.05, 0) is 44.0 Å². The van der Waals surface area contributed by atoms with E-state index in [0.717, 1.165) is 42.4 Å². The Morgan fingerprint density at radius 1 is 1.15 bits per heavy atom. The summed E-state index contributed by atoms with van der Waals surface area (Å²) >= 11 is 1.74. The molecule has 6 nitrogen and oxygen atoms in total. The standard InChI is InChI=1S/C20H25N5OS/c1-4-15-6-7-16-18(13-15)27-20(21-16)24-10-8-23(9-11-24)19(26)17-12-14(3)25(5-2)22-17/h6-7,12-13H,4-5,8-11H2,1-3H3. The number of aromatic nitrogens is 3. The Morgan fingerprint density at radius 3 is 2.59 bits per heavy atom. The van der Waals surface area contributed by atoms with Crippen LogP contribution in [0.25, 0.3) is 10.2 Å². The van der Waals surface area contributed by atoms with Gasteiger partial charge in [-0.2, -0.15) is 5.10 Å². The zero-order chi connectivity index (χ0) is 19.0. The van der Waals surface area contributed by atoms with Gasteiger partial charge in [-0.1, -0.05) is 24.3 Å². The van der Waals surface area contributed by atoms with E-state index in [0.29, 0.717) is 18.8 Å². The minimum Gasteiger partial charge on any atom is -0.345 e. The van der Waals surface area contributed by atoms with Crippen LogP contribution in [0.2, 0.25) is 0 Å². The van der Waals surface area contributed by atoms with Crippen LogP contribution in [0.4, 0.5) is 5.13 Å². The fourth-order valence-electron chi connectivity index (χ4n) is 3.51. The van der Waals surface area contributed by atoms with Crippen LogP contribution >= 0.6 is 11.3 Å². The van der Waals surface area contributed by atoms with Crippen molar-refractivity contribution in [3.63, 3.8) is 0 Å². The molecule has 0 aliphatic carbocycles. The minimum absolute atomic E-state index is 0.0295. The number of aryl methyl sites for hydroxylation is 3. The molecular formula is C20H25N5OS. The van der Waals surface area contributed by atoms with Gasteiger partial charge in [0.25, 0.3) is 5.91 Å². The Bertz CT molecular complexity index is 968. The van der Waals surface area contributed by atoms with Crippen molar-refractivity contribution in [3.05, 3.63) is 41.2 Å². The van der Waals surface area contributed by atoms with Gasteiger partial charge in [-0.15, -0.1) is 0 Å². The lowest BCUT2D eigenvalue weighted by Gasteiger charge is -2.34. The van der Waals surface area contributed by atoms with Gasteiger partial charge in [-0.25, -0.2) is 4.98 Å². The van der Waals surface area contributed by atoms with Crippen LogP contribution in [0.1, 0.15) is 35.6 Å². The second kappa shape index (κ2) is 7.31. The highest BCUT2D eigenvalue weighted by Gasteiger charge is 2.25. The Kier molecular flexibility index (Phi) is 4.86. The molecule has 142 valence electrons. The van der Waals surface area contributed by atoms with E-state index in [1.807, 2.05) is 29.5 Å². The number of anilines is 1. The van der Waals surface area contributed by atoms with Crippen LogP contribution in [-0.4, -0.2) is 51.8 Å². The third-order valence-electron chi connectivity index (χ3n) is 5.19. The first-order valence-electron chi connectivity index (χ1n) is 9.57. The second-order valence-electron chi connectivity index (χ2n) is 6.92. The molecule has 4 rings (SSSR count). The fraction of sp³-hybridized carbons (Fsp3) is 0.450. The van der Waals surface area contributed by atoms with Gasteiger partial charge in [0.2, 0.25) is 0 Å². The van der Waals surface area contributed by atoms with Crippen molar-refractivity contribution in [3.8, 4) is 0 Å². The van der Waals surface area contributed by atoms with Crippen LogP contribution in [-0.2, 0) is 13.0 Å². The number of thiazole rings is 1. The van der Waals surface area contributed by atoms with Crippen molar-refractivity contribution in [1.82, 2.24) is 19.7 Å². The van der Waals surface area contributed by atoms with E-state index < -0.39 is 0 Å². The Hall–Kier alpha value is -2.41. The topological polar surface area (TPSA) is 54.3 Å². The first-order valence-corrected chi connectivity index (χ1v) is 10.4. The van der Waals surface area contributed by atoms with Crippen LogP contribution in [0.3, 0.4) is 0 Å². The summed E-state index contributed by atoms with van der Waals surface area (Å²) in [6.07, 6.45) is 1.04.